The second-order valence-corrected chi connectivity index (χ2v) is 6.44. The molecular formula is C10H21NO4S. The molecule has 5 nitrogen and oxygen atoms in total. The van der Waals surface area contributed by atoms with Crippen LogP contribution in [-0.4, -0.2) is 46.1 Å². The fraction of sp³-hybridized carbons (Fsp3) is 0.900. The van der Waals surface area contributed by atoms with Crippen molar-refractivity contribution in [2.45, 2.75) is 26.3 Å². The van der Waals surface area contributed by atoms with Crippen molar-refractivity contribution in [3.63, 3.8) is 0 Å². The van der Waals surface area contributed by atoms with Gasteiger partial charge in [-0.25, -0.2) is 8.42 Å². The molecule has 0 heterocycles. The van der Waals surface area contributed by atoms with Crippen LogP contribution in [0.3, 0.4) is 0 Å². The van der Waals surface area contributed by atoms with E-state index in [1.165, 1.54) is 13.4 Å². The summed E-state index contributed by atoms with van der Waals surface area (Å²) >= 11 is 0. The van der Waals surface area contributed by atoms with E-state index < -0.39 is 9.84 Å². The van der Waals surface area contributed by atoms with Gasteiger partial charge in [-0.05, 0) is 18.9 Å². The molecule has 1 N–H and O–H groups in total. The molecule has 0 spiro atoms. The van der Waals surface area contributed by atoms with Crippen molar-refractivity contribution in [1.82, 2.24) is 5.32 Å². The van der Waals surface area contributed by atoms with E-state index in [0.29, 0.717) is 13.0 Å². The van der Waals surface area contributed by atoms with Gasteiger partial charge >= 0.3 is 5.97 Å². The SMILES string of the molecule is COC(=O)C(NCCCS(C)(=O)=O)C(C)C. The lowest BCUT2D eigenvalue weighted by atomic mass is 10.0. The van der Waals surface area contributed by atoms with Crippen molar-refractivity contribution in [3.05, 3.63) is 0 Å². The number of carbonyl (C=O) groups is 1. The van der Waals surface area contributed by atoms with E-state index >= 15 is 0 Å². The zero-order chi connectivity index (χ0) is 12.8. The van der Waals surface area contributed by atoms with Gasteiger partial charge in [-0.1, -0.05) is 13.8 Å². The third kappa shape index (κ3) is 6.79. The number of ether oxygens (including phenoxy) is 1. The van der Waals surface area contributed by atoms with Gasteiger partial charge < -0.3 is 10.1 Å². The number of hydrogen-bond donors (Lipinski definition) is 1. The number of carbonyl (C=O) groups excluding carboxylic acids is 1. The van der Waals surface area contributed by atoms with Crippen LogP contribution in [0.5, 0.6) is 0 Å². The highest BCUT2D eigenvalue weighted by Crippen LogP contribution is 2.03. The maximum atomic E-state index is 11.3. The largest absolute Gasteiger partial charge is 0.468 e. The van der Waals surface area contributed by atoms with E-state index in [-0.39, 0.29) is 23.7 Å². The van der Waals surface area contributed by atoms with Crippen LogP contribution in [0.15, 0.2) is 0 Å². The second-order valence-electron chi connectivity index (χ2n) is 4.18. The quantitative estimate of drug-likeness (QED) is 0.517. The van der Waals surface area contributed by atoms with Gasteiger partial charge in [-0.15, -0.1) is 0 Å². The molecule has 1 unspecified atom stereocenters. The van der Waals surface area contributed by atoms with Crippen LogP contribution in [0, 0.1) is 5.92 Å². The number of sulfone groups is 1. The van der Waals surface area contributed by atoms with Crippen molar-refractivity contribution < 1.29 is 17.9 Å². The summed E-state index contributed by atoms with van der Waals surface area (Å²) in [4.78, 5) is 11.3. The summed E-state index contributed by atoms with van der Waals surface area (Å²) in [6, 6.07) is -0.371. The Labute approximate surface area is 97.5 Å². The Balaban J connectivity index is 4.00. The van der Waals surface area contributed by atoms with Gasteiger partial charge in [0.25, 0.3) is 0 Å². The van der Waals surface area contributed by atoms with Crippen LogP contribution >= 0.6 is 0 Å². The number of methoxy groups -OCH3 is 1. The van der Waals surface area contributed by atoms with E-state index in [1.54, 1.807) is 0 Å². The van der Waals surface area contributed by atoms with Crippen LogP contribution in [-0.2, 0) is 19.4 Å². The Morgan fingerprint density at radius 1 is 1.38 bits per heavy atom. The number of hydrogen-bond acceptors (Lipinski definition) is 5. The Bertz CT molecular complexity index is 311. The van der Waals surface area contributed by atoms with Crippen LogP contribution < -0.4 is 5.32 Å². The molecule has 0 aromatic rings. The minimum absolute atomic E-state index is 0.116. The van der Waals surface area contributed by atoms with E-state index in [2.05, 4.69) is 10.1 Å². The summed E-state index contributed by atoms with van der Waals surface area (Å²) in [6.07, 6.45) is 1.70. The fourth-order valence-electron chi connectivity index (χ4n) is 1.31. The highest BCUT2D eigenvalue weighted by atomic mass is 32.2. The highest BCUT2D eigenvalue weighted by Gasteiger charge is 2.21. The topological polar surface area (TPSA) is 72.5 Å². The Morgan fingerprint density at radius 3 is 2.31 bits per heavy atom. The molecule has 0 aromatic heterocycles. The number of nitrogens with one attached hydrogen (secondary N) is 1. The molecule has 6 heteroatoms. The van der Waals surface area contributed by atoms with Crippen molar-refractivity contribution in [3.8, 4) is 0 Å². The normalized spacial score (nSPS) is 13.8. The summed E-state index contributed by atoms with van der Waals surface area (Å²) < 4.78 is 26.4. The zero-order valence-corrected chi connectivity index (χ0v) is 11.1. The third-order valence-corrected chi connectivity index (χ3v) is 3.21. The predicted molar refractivity (Wildman–Crippen MR) is 63.0 cm³/mol. The summed E-state index contributed by atoms with van der Waals surface area (Å²) in [7, 11) is -1.58. The van der Waals surface area contributed by atoms with Gasteiger partial charge in [0.15, 0.2) is 0 Å². The minimum Gasteiger partial charge on any atom is -0.468 e. The Hall–Kier alpha value is -0.620. The molecule has 0 saturated heterocycles. The molecule has 0 radical (unpaired) electrons. The Kier molecular flexibility index (Phi) is 6.59. The first kappa shape index (κ1) is 15.4. The maximum absolute atomic E-state index is 11.3. The smallest absolute Gasteiger partial charge is 0.323 e. The number of esters is 1. The predicted octanol–water partition coefficient (Wildman–Crippen LogP) is 0.208. The molecule has 0 aliphatic rings. The molecule has 16 heavy (non-hydrogen) atoms. The fourth-order valence-corrected chi connectivity index (χ4v) is 1.98. The molecule has 0 aromatic carbocycles. The first-order valence-corrected chi connectivity index (χ1v) is 7.33. The second kappa shape index (κ2) is 6.85. The van der Waals surface area contributed by atoms with Crippen molar-refractivity contribution in [2.24, 2.45) is 5.92 Å². The summed E-state index contributed by atoms with van der Waals surface area (Å²) in [6.45, 7) is 4.31. The molecule has 0 bridgehead atoms. The molecule has 0 aliphatic carbocycles. The minimum atomic E-state index is -2.92. The molecule has 1 atom stereocenters. The lowest BCUT2D eigenvalue weighted by Gasteiger charge is -2.19. The van der Waals surface area contributed by atoms with Gasteiger partial charge in [-0.2, -0.15) is 0 Å². The van der Waals surface area contributed by atoms with Gasteiger partial charge in [0, 0.05) is 6.26 Å². The van der Waals surface area contributed by atoms with Gasteiger partial charge in [0.2, 0.25) is 0 Å². The molecule has 0 amide bonds. The summed E-state index contributed by atoms with van der Waals surface area (Å²) in [5.74, 6) is -0.0635. The summed E-state index contributed by atoms with van der Waals surface area (Å²) in [5, 5.41) is 3.00. The van der Waals surface area contributed by atoms with Crippen LogP contribution in [0.1, 0.15) is 20.3 Å². The van der Waals surface area contributed by atoms with E-state index in [1.807, 2.05) is 13.8 Å². The molecular weight excluding hydrogens is 230 g/mol. The zero-order valence-electron chi connectivity index (χ0n) is 10.3. The Morgan fingerprint density at radius 2 is 1.94 bits per heavy atom. The molecule has 0 aliphatic heterocycles. The van der Waals surface area contributed by atoms with Crippen LogP contribution in [0.2, 0.25) is 0 Å². The van der Waals surface area contributed by atoms with E-state index in [4.69, 9.17) is 0 Å². The lowest BCUT2D eigenvalue weighted by molar-refractivity contribution is -0.144. The van der Waals surface area contributed by atoms with E-state index in [0.717, 1.165) is 0 Å². The van der Waals surface area contributed by atoms with Crippen molar-refractivity contribution in [2.75, 3.05) is 25.7 Å². The average molecular weight is 251 g/mol. The first-order valence-electron chi connectivity index (χ1n) is 5.27. The average Bonchev–Trinajstić information content (AvgIpc) is 2.14. The first-order chi connectivity index (χ1) is 7.28. The molecule has 0 fully saturated rings. The third-order valence-electron chi connectivity index (χ3n) is 2.18. The molecule has 0 rings (SSSR count). The monoisotopic (exact) mass is 251 g/mol. The maximum Gasteiger partial charge on any atom is 0.323 e. The van der Waals surface area contributed by atoms with Gasteiger partial charge in [0.1, 0.15) is 15.9 Å². The van der Waals surface area contributed by atoms with Crippen molar-refractivity contribution >= 4 is 15.8 Å². The van der Waals surface area contributed by atoms with Crippen LogP contribution in [0.4, 0.5) is 0 Å². The molecule has 0 saturated carbocycles. The van der Waals surface area contributed by atoms with E-state index in [9.17, 15) is 13.2 Å². The molecule has 96 valence electrons. The number of rotatable bonds is 7. The summed E-state index contributed by atoms with van der Waals surface area (Å²) in [5.41, 5.74) is 0. The van der Waals surface area contributed by atoms with Crippen LogP contribution in [0.25, 0.3) is 0 Å². The highest BCUT2D eigenvalue weighted by molar-refractivity contribution is 7.90. The van der Waals surface area contributed by atoms with Gasteiger partial charge in [0.05, 0.1) is 12.9 Å². The van der Waals surface area contributed by atoms with Crippen molar-refractivity contribution in [1.29, 1.82) is 0 Å². The standard InChI is InChI=1S/C10H21NO4S/c1-8(2)9(10(12)15-3)11-6-5-7-16(4,13)14/h8-9,11H,5-7H2,1-4H3. The van der Waals surface area contributed by atoms with Gasteiger partial charge in [-0.3, -0.25) is 4.79 Å². The lowest BCUT2D eigenvalue weighted by Crippen LogP contribution is -2.42.